The lowest BCUT2D eigenvalue weighted by atomic mass is 10.1. The fourth-order valence-corrected chi connectivity index (χ4v) is 5.78. The Morgan fingerprint density at radius 2 is 1.67 bits per heavy atom. The fraction of sp³-hybridized carbons (Fsp3) is 0.0667. The van der Waals surface area contributed by atoms with Gasteiger partial charge in [0.25, 0.3) is 0 Å². The largest absolute Gasteiger partial charge is 0.223 e. The number of sulfone groups is 1. The number of rotatable bonds is 1. The molecular formula is C15H10N2O2S2. The number of benzene rings is 2. The molecule has 21 heavy (non-hydrogen) atoms. The van der Waals surface area contributed by atoms with Gasteiger partial charge < -0.3 is 0 Å². The van der Waals surface area contributed by atoms with Crippen molar-refractivity contribution < 1.29 is 8.42 Å². The Kier molecular flexibility index (Phi) is 2.70. The third-order valence-electron chi connectivity index (χ3n) is 3.61. The van der Waals surface area contributed by atoms with Gasteiger partial charge in [-0.2, -0.15) is 0 Å². The van der Waals surface area contributed by atoms with Crippen LogP contribution in [-0.4, -0.2) is 18.0 Å². The van der Waals surface area contributed by atoms with Crippen LogP contribution in [0.1, 0.15) is 15.7 Å². The van der Waals surface area contributed by atoms with Gasteiger partial charge in [-0.15, -0.1) is 5.10 Å². The molecule has 1 aliphatic heterocycles. The molecule has 1 atom stereocenters. The van der Waals surface area contributed by atoms with Gasteiger partial charge in [0.15, 0.2) is 9.84 Å². The first-order chi connectivity index (χ1) is 10.2. The number of hydrogen-bond donors (Lipinski definition) is 0. The second-order valence-corrected chi connectivity index (χ2v) is 7.60. The smallest absolute Gasteiger partial charge is 0.191 e. The average molecular weight is 314 g/mol. The lowest BCUT2D eigenvalue weighted by Crippen LogP contribution is -2.19. The molecule has 4 nitrogen and oxygen atoms in total. The van der Waals surface area contributed by atoms with E-state index in [4.69, 9.17) is 0 Å². The first-order valence-corrected chi connectivity index (χ1v) is 8.72. The molecule has 1 unspecified atom stereocenters. The molecule has 0 amide bonds. The molecule has 3 aromatic rings. The fourth-order valence-electron chi connectivity index (χ4n) is 2.69. The van der Waals surface area contributed by atoms with Crippen molar-refractivity contribution in [2.24, 2.45) is 0 Å². The molecule has 2 heterocycles. The van der Waals surface area contributed by atoms with Crippen molar-refractivity contribution in [1.29, 1.82) is 0 Å². The topological polar surface area (TPSA) is 59.9 Å². The Balaban J connectivity index is 2.07. The molecular weight excluding hydrogens is 304 g/mol. The van der Waals surface area contributed by atoms with Gasteiger partial charge in [0, 0.05) is 5.56 Å². The molecule has 104 valence electrons. The van der Waals surface area contributed by atoms with E-state index >= 15 is 0 Å². The first kappa shape index (κ1) is 12.7. The molecule has 0 fully saturated rings. The Morgan fingerprint density at radius 3 is 2.48 bits per heavy atom. The Bertz CT molecular complexity index is 918. The molecule has 0 aliphatic carbocycles. The standard InChI is InChI=1S/C15H10N2O2S2/c18-21(19)12-9-5-4-8-11(12)13-14(20-17-16-13)15(21)10-6-2-1-3-7-10/h1-9,15H. The highest BCUT2D eigenvalue weighted by Crippen LogP contribution is 2.47. The summed E-state index contributed by atoms with van der Waals surface area (Å²) in [5.41, 5.74) is 2.08. The average Bonchev–Trinajstić information content (AvgIpc) is 2.97. The number of fused-ring (bicyclic) bond motifs is 3. The van der Waals surface area contributed by atoms with Crippen molar-refractivity contribution in [2.75, 3.05) is 0 Å². The highest BCUT2D eigenvalue weighted by atomic mass is 32.2. The summed E-state index contributed by atoms with van der Waals surface area (Å²) in [7, 11) is -3.49. The van der Waals surface area contributed by atoms with Gasteiger partial charge in [0.1, 0.15) is 10.9 Å². The van der Waals surface area contributed by atoms with E-state index in [9.17, 15) is 8.42 Å². The van der Waals surface area contributed by atoms with E-state index in [1.165, 1.54) is 0 Å². The zero-order chi connectivity index (χ0) is 14.4. The van der Waals surface area contributed by atoms with E-state index in [2.05, 4.69) is 9.59 Å². The van der Waals surface area contributed by atoms with Gasteiger partial charge in [-0.1, -0.05) is 53.0 Å². The van der Waals surface area contributed by atoms with Crippen LogP contribution in [0.4, 0.5) is 0 Å². The maximum atomic E-state index is 13.0. The van der Waals surface area contributed by atoms with Gasteiger partial charge in [-0.25, -0.2) is 8.42 Å². The second-order valence-electron chi connectivity index (χ2n) is 4.82. The second kappa shape index (κ2) is 4.47. The van der Waals surface area contributed by atoms with Crippen molar-refractivity contribution in [3.05, 3.63) is 65.0 Å². The van der Waals surface area contributed by atoms with Crippen molar-refractivity contribution >= 4 is 21.4 Å². The molecule has 6 heteroatoms. The molecule has 2 aromatic carbocycles. The Morgan fingerprint density at radius 1 is 0.952 bits per heavy atom. The monoisotopic (exact) mass is 314 g/mol. The molecule has 0 bridgehead atoms. The van der Waals surface area contributed by atoms with E-state index in [0.29, 0.717) is 21.0 Å². The summed E-state index contributed by atoms with van der Waals surface area (Å²) < 4.78 is 30.0. The molecule has 0 saturated heterocycles. The van der Waals surface area contributed by atoms with Crippen molar-refractivity contribution in [3.63, 3.8) is 0 Å². The summed E-state index contributed by atoms with van der Waals surface area (Å²) in [4.78, 5) is 1.03. The van der Waals surface area contributed by atoms with E-state index in [-0.39, 0.29) is 0 Å². The zero-order valence-corrected chi connectivity index (χ0v) is 12.4. The van der Waals surface area contributed by atoms with Gasteiger partial charge in [-0.05, 0) is 23.2 Å². The summed E-state index contributed by atoms with van der Waals surface area (Å²) in [6.45, 7) is 0. The third kappa shape index (κ3) is 1.76. The Labute approximate surface area is 126 Å². The lowest BCUT2D eigenvalue weighted by Gasteiger charge is -2.23. The molecule has 1 aromatic heterocycles. The summed E-state index contributed by atoms with van der Waals surface area (Å²) in [6, 6.07) is 16.2. The minimum atomic E-state index is -3.49. The highest BCUT2D eigenvalue weighted by molar-refractivity contribution is 7.92. The molecule has 0 saturated carbocycles. The molecule has 4 rings (SSSR count). The summed E-state index contributed by atoms with van der Waals surface area (Å²) >= 11 is 1.15. The SMILES string of the molecule is O=S1(=O)c2ccccc2-c2nnsc2C1c1ccccc1. The van der Waals surface area contributed by atoms with Gasteiger partial charge in [0.05, 0.1) is 9.77 Å². The van der Waals surface area contributed by atoms with Crippen LogP contribution in [0.25, 0.3) is 11.3 Å². The molecule has 1 aliphatic rings. The minimum absolute atomic E-state index is 0.332. The van der Waals surface area contributed by atoms with Crippen molar-refractivity contribution in [1.82, 2.24) is 9.59 Å². The molecule has 0 radical (unpaired) electrons. The number of hydrogen-bond acceptors (Lipinski definition) is 5. The van der Waals surface area contributed by atoms with Crippen molar-refractivity contribution in [3.8, 4) is 11.3 Å². The summed E-state index contributed by atoms with van der Waals surface area (Å²) in [6.07, 6.45) is 0. The van der Waals surface area contributed by atoms with Gasteiger partial charge in [-0.3, -0.25) is 0 Å². The van der Waals surface area contributed by atoms with Crippen LogP contribution in [-0.2, 0) is 9.84 Å². The molecule has 0 N–H and O–H groups in total. The predicted molar refractivity (Wildman–Crippen MR) is 80.8 cm³/mol. The van der Waals surface area contributed by atoms with Crippen LogP contribution < -0.4 is 0 Å². The maximum absolute atomic E-state index is 13.0. The molecule has 0 spiro atoms. The van der Waals surface area contributed by atoms with Crippen LogP contribution in [0.2, 0.25) is 0 Å². The number of aromatic nitrogens is 2. The minimum Gasteiger partial charge on any atom is -0.223 e. The van der Waals surface area contributed by atoms with Crippen LogP contribution in [0, 0.1) is 0 Å². The predicted octanol–water partition coefficient (Wildman–Crippen LogP) is 3.08. The maximum Gasteiger partial charge on any atom is 0.191 e. The zero-order valence-electron chi connectivity index (χ0n) is 10.8. The van der Waals surface area contributed by atoms with E-state index in [1.54, 1.807) is 18.2 Å². The quantitative estimate of drug-likeness (QED) is 0.692. The van der Waals surface area contributed by atoms with Crippen LogP contribution in [0.3, 0.4) is 0 Å². The van der Waals surface area contributed by atoms with Crippen LogP contribution >= 0.6 is 11.5 Å². The van der Waals surface area contributed by atoms with E-state index in [1.807, 2.05) is 36.4 Å². The third-order valence-corrected chi connectivity index (χ3v) is 6.65. The van der Waals surface area contributed by atoms with Crippen LogP contribution in [0.15, 0.2) is 59.5 Å². The summed E-state index contributed by atoms with van der Waals surface area (Å²) in [5, 5.41) is 3.42. The van der Waals surface area contributed by atoms with Crippen molar-refractivity contribution in [2.45, 2.75) is 10.1 Å². The lowest BCUT2D eigenvalue weighted by molar-refractivity contribution is 0.589. The normalized spacial score (nSPS) is 18.8. The first-order valence-electron chi connectivity index (χ1n) is 6.40. The van der Waals surface area contributed by atoms with E-state index < -0.39 is 15.1 Å². The van der Waals surface area contributed by atoms with Crippen LogP contribution in [0.5, 0.6) is 0 Å². The highest BCUT2D eigenvalue weighted by Gasteiger charge is 2.41. The van der Waals surface area contributed by atoms with Gasteiger partial charge >= 0.3 is 0 Å². The number of nitrogens with zero attached hydrogens (tertiary/aromatic N) is 2. The Hall–Kier alpha value is -2.05. The van der Waals surface area contributed by atoms with E-state index in [0.717, 1.165) is 17.1 Å². The summed E-state index contributed by atoms with van der Waals surface area (Å²) in [5.74, 6) is 0. The van der Waals surface area contributed by atoms with Gasteiger partial charge in [0.2, 0.25) is 0 Å².